The number of rotatable bonds is 3. The molecule has 0 aromatic heterocycles. The molecule has 0 atom stereocenters. The zero-order chi connectivity index (χ0) is 11.3. The van der Waals surface area contributed by atoms with Crippen LogP contribution in [0.5, 0.6) is 0 Å². The molecule has 0 bridgehead atoms. The number of hydrogen-bond donors (Lipinski definition) is 2. The molecule has 1 aliphatic rings. The molecule has 3 heteroatoms. The van der Waals surface area contributed by atoms with Crippen molar-refractivity contribution in [2.75, 3.05) is 27.2 Å². The van der Waals surface area contributed by atoms with Crippen molar-refractivity contribution in [3.8, 4) is 0 Å². The molecule has 0 saturated carbocycles. The van der Waals surface area contributed by atoms with Crippen molar-refractivity contribution < 1.29 is 0 Å². The van der Waals surface area contributed by atoms with Gasteiger partial charge in [-0.05, 0) is 38.0 Å². The van der Waals surface area contributed by atoms with Crippen molar-refractivity contribution in [1.29, 1.82) is 0 Å². The maximum absolute atomic E-state index is 4.40. The highest BCUT2D eigenvalue weighted by Gasteiger charge is 2.12. The van der Waals surface area contributed by atoms with Crippen molar-refractivity contribution in [1.82, 2.24) is 10.6 Å². The zero-order valence-electron chi connectivity index (χ0n) is 10.1. The Morgan fingerprint density at radius 3 is 2.67 bits per heavy atom. The second-order valence-corrected chi connectivity index (χ2v) is 3.76. The molecule has 0 saturated heterocycles. The van der Waals surface area contributed by atoms with Crippen molar-refractivity contribution in [3.05, 3.63) is 22.9 Å². The zero-order valence-corrected chi connectivity index (χ0v) is 10.1. The fraction of sp³-hybridized carbons (Fsp3) is 0.583. The number of nitrogens with one attached hydrogen (secondary N) is 2. The van der Waals surface area contributed by atoms with Gasteiger partial charge in [-0.1, -0.05) is 6.08 Å². The summed E-state index contributed by atoms with van der Waals surface area (Å²) in [6.45, 7) is 6.22. The van der Waals surface area contributed by atoms with Crippen molar-refractivity contribution in [3.63, 3.8) is 0 Å². The number of allylic oxidation sites excluding steroid dienone is 2. The number of aliphatic imine (C=N–C) groups is 1. The first-order chi connectivity index (χ1) is 7.20. The van der Waals surface area contributed by atoms with Crippen LogP contribution in [-0.2, 0) is 0 Å². The van der Waals surface area contributed by atoms with Crippen LogP contribution in [0.1, 0.15) is 20.3 Å². The third-order valence-corrected chi connectivity index (χ3v) is 2.88. The summed E-state index contributed by atoms with van der Waals surface area (Å²) >= 11 is 0. The summed E-state index contributed by atoms with van der Waals surface area (Å²) in [5.74, 6) is 0. The van der Waals surface area contributed by atoms with E-state index in [9.17, 15) is 0 Å². The van der Waals surface area contributed by atoms with Gasteiger partial charge in [-0.15, -0.1) is 0 Å². The molecule has 0 aromatic rings. The van der Waals surface area contributed by atoms with E-state index in [-0.39, 0.29) is 0 Å². The average molecular weight is 207 g/mol. The van der Waals surface area contributed by atoms with Gasteiger partial charge >= 0.3 is 0 Å². The number of hydrogen-bond acceptors (Lipinski definition) is 3. The summed E-state index contributed by atoms with van der Waals surface area (Å²) in [5.41, 5.74) is 4.94. The normalized spacial score (nSPS) is 19.5. The lowest BCUT2D eigenvalue weighted by Crippen LogP contribution is -2.24. The van der Waals surface area contributed by atoms with E-state index in [2.05, 4.69) is 35.5 Å². The third kappa shape index (κ3) is 2.93. The summed E-state index contributed by atoms with van der Waals surface area (Å²) in [6.07, 6.45) is 3.30. The van der Waals surface area contributed by atoms with Gasteiger partial charge in [-0.25, -0.2) is 0 Å². The predicted molar refractivity (Wildman–Crippen MR) is 66.4 cm³/mol. The molecular formula is C12H21N3. The Morgan fingerprint density at radius 1 is 1.47 bits per heavy atom. The molecule has 3 nitrogen and oxygen atoms in total. The minimum Gasteiger partial charge on any atom is -0.391 e. The molecule has 0 radical (unpaired) electrons. The standard InChI is InChI=1S/C12H21N3/c1-9(10(2)13-3)12(14-4)11-5-7-15-8-6-11/h5,13,15H,6-8H2,1-4H3/b10-9+,14-12+. The lowest BCUT2D eigenvalue weighted by Gasteiger charge is -2.17. The van der Waals surface area contributed by atoms with Crippen LogP contribution < -0.4 is 10.6 Å². The first-order valence-electron chi connectivity index (χ1n) is 5.43. The molecular weight excluding hydrogens is 186 g/mol. The first-order valence-corrected chi connectivity index (χ1v) is 5.43. The van der Waals surface area contributed by atoms with Crippen LogP contribution in [0.15, 0.2) is 27.9 Å². The SMILES string of the molecule is C/N=C(C1=CCNCC1)\C(C)=C(/C)NC. The smallest absolute Gasteiger partial charge is 0.0646 e. The molecule has 15 heavy (non-hydrogen) atoms. The second-order valence-electron chi connectivity index (χ2n) is 3.76. The van der Waals surface area contributed by atoms with Crippen molar-refractivity contribution in [2.45, 2.75) is 20.3 Å². The monoisotopic (exact) mass is 207 g/mol. The molecule has 1 rings (SSSR count). The number of nitrogens with zero attached hydrogens (tertiary/aromatic N) is 1. The van der Waals surface area contributed by atoms with Crippen LogP contribution in [-0.4, -0.2) is 32.9 Å². The Kier molecular flexibility index (Phi) is 4.56. The summed E-state index contributed by atoms with van der Waals surface area (Å²) in [5, 5.41) is 6.49. The van der Waals surface area contributed by atoms with E-state index >= 15 is 0 Å². The lowest BCUT2D eigenvalue weighted by molar-refractivity contribution is 0.717. The van der Waals surface area contributed by atoms with Gasteiger partial charge in [0.15, 0.2) is 0 Å². The van der Waals surface area contributed by atoms with Gasteiger partial charge in [0.25, 0.3) is 0 Å². The maximum Gasteiger partial charge on any atom is 0.0646 e. The molecule has 2 N–H and O–H groups in total. The lowest BCUT2D eigenvalue weighted by atomic mass is 9.97. The van der Waals surface area contributed by atoms with Crippen LogP contribution in [0.3, 0.4) is 0 Å². The molecule has 0 amide bonds. The summed E-state index contributed by atoms with van der Waals surface area (Å²) in [7, 11) is 3.81. The molecule has 0 fully saturated rings. The largest absolute Gasteiger partial charge is 0.391 e. The third-order valence-electron chi connectivity index (χ3n) is 2.88. The van der Waals surface area contributed by atoms with E-state index < -0.39 is 0 Å². The van der Waals surface area contributed by atoms with Crippen LogP contribution in [0, 0.1) is 0 Å². The van der Waals surface area contributed by atoms with Crippen LogP contribution in [0.2, 0.25) is 0 Å². The fourth-order valence-corrected chi connectivity index (χ4v) is 1.75. The van der Waals surface area contributed by atoms with E-state index in [0.717, 1.165) is 25.2 Å². The van der Waals surface area contributed by atoms with Gasteiger partial charge in [0, 0.05) is 26.3 Å². The van der Waals surface area contributed by atoms with Gasteiger partial charge in [0.05, 0.1) is 5.71 Å². The molecule has 1 heterocycles. The highest BCUT2D eigenvalue weighted by atomic mass is 14.9. The highest BCUT2D eigenvalue weighted by molar-refractivity contribution is 6.12. The minimum atomic E-state index is 0.959. The fourth-order valence-electron chi connectivity index (χ4n) is 1.75. The Labute approximate surface area is 92.4 Å². The van der Waals surface area contributed by atoms with Crippen molar-refractivity contribution in [2.24, 2.45) is 4.99 Å². The van der Waals surface area contributed by atoms with Gasteiger partial charge < -0.3 is 10.6 Å². The quantitative estimate of drug-likeness (QED) is 0.688. The van der Waals surface area contributed by atoms with E-state index in [1.165, 1.54) is 16.8 Å². The van der Waals surface area contributed by atoms with E-state index in [0.29, 0.717) is 0 Å². The topological polar surface area (TPSA) is 36.4 Å². The Bertz CT molecular complexity index is 311. The molecule has 0 aliphatic carbocycles. The van der Waals surface area contributed by atoms with Crippen molar-refractivity contribution >= 4 is 5.71 Å². The molecule has 84 valence electrons. The Morgan fingerprint density at radius 2 is 2.20 bits per heavy atom. The molecule has 0 aromatic carbocycles. The summed E-state index contributed by atoms with van der Waals surface area (Å²) in [6, 6.07) is 0. The predicted octanol–water partition coefficient (Wildman–Crippen LogP) is 1.49. The highest BCUT2D eigenvalue weighted by Crippen LogP contribution is 2.15. The molecule has 1 aliphatic heterocycles. The van der Waals surface area contributed by atoms with Gasteiger partial charge in [0.2, 0.25) is 0 Å². The van der Waals surface area contributed by atoms with E-state index in [4.69, 9.17) is 0 Å². The Balaban J connectivity index is 2.94. The first kappa shape index (κ1) is 12.0. The minimum absolute atomic E-state index is 0.959. The average Bonchev–Trinajstić information content (AvgIpc) is 2.30. The molecule has 0 spiro atoms. The van der Waals surface area contributed by atoms with Crippen LogP contribution in [0.25, 0.3) is 0 Å². The summed E-state index contributed by atoms with van der Waals surface area (Å²) in [4.78, 5) is 4.40. The van der Waals surface area contributed by atoms with E-state index in [1.807, 2.05) is 14.1 Å². The van der Waals surface area contributed by atoms with Gasteiger partial charge in [-0.2, -0.15) is 0 Å². The van der Waals surface area contributed by atoms with Gasteiger partial charge in [-0.3, -0.25) is 4.99 Å². The second kappa shape index (κ2) is 5.71. The van der Waals surface area contributed by atoms with Gasteiger partial charge in [0.1, 0.15) is 0 Å². The Hall–Kier alpha value is -1.09. The van der Waals surface area contributed by atoms with Crippen LogP contribution in [0.4, 0.5) is 0 Å². The summed E-state index contributed by atoms with van der Waals surface area (Å²) < 4.78 is 0. The maximum atomic E-state index is 4.40. The van der Waals surface area contributed by atoms with E-state index in [1.54, 1.807) is 0 Å². The van der Waals surface area contributed by atoms with Crippen LogP contribution >= 0.6 is 0 Å². The molecule has 0 unspecified atom stereocenters.